The molecule has 0 aromatic heterocycles. The van der Waals surface area contributed by atoms with Crippen LogP contribution in [0.5, 0.6) is 23.0 Å². The quantitative estimate of drug-likeness (QED) is 0.356. The first-order valence-corrected chi connectivity index (χ1v) is 3.38. The molecule has 0 aliphatic carbocycles. The molecule has 5 nitrogen and oxygen atoms in total. The number of phenolic OH excluding ortho intramolecular Hbond substituents is 3. The maximum Gasteiger partial charge on any atom is 0.201 e. The Morgan fingerprint density at radius 3 is 2.38 bits per heavy atom. The van der Waals surface area contributed by atoms with Crippen molar-refractivity contribution in [2.45, 2.75) is 0 Å². The second-order valence-corrected chi connectivity index (χ2v) is 2.33. The average molecular weight is 184 g/mol. The number of ether oxygens (including phenoxy) is 1. The zero-order chi connectivity index (χ0) is 10.0. The van der Waals surface area contributed by atoms with Crippen LogP contribution in [0.3, 0.4) is 0 Å². The van der Waals surface area contributed by atoms with Crippen molar-refractivity contribution >= 4 is 6.29 Å². The Morgan fingerprint density at radius 2 is 1.92 bits per heavy atom. The molecule has 0 aliphatic rings. The van der Waals surface area contributed by atoms with Gasteiger partial charge in [-0.3, -0.25) is 4.79 Å². The second-order valence-electron chi connectivity index (χ2n) is 2.33. The van der Waals surface area contributed by atoms with Crippen LogP contribution in [-0.2, 0) is 0 Å². The van der Waals surface area contributed by atoms with Crippen LogP contribution >= 0.6 is 0 Å². The second kappa shape index (κ2) is 3.22. The summed E-state index contributed by atoms with van der Waals surface area (Å²) < 4.78 is 4.62. The highest BCUT2D eigenvalue weighted by Gasteiger charge is 2.16. The molecule has 1 rings (SSSR count). The lowest BCUT2D eigenvalue weighted by Crippen LogP contribution is -1.88. The molecule has 0 saturated carbocycles. The van der Waals surface area contributed by atoms with Gasteiger partial charge in [0.15, 0.2) is 17.8 Å². The van der Waals surface area contributed by atoms with Crippen LogP contribution in [0.2, 0.25) is 0 Å². The zero-order valence-electron chi connectivity index (χ0n) is 6.81. The van der Waals surface area contributed by atoms with E-state index in [0.29, 0.717) is 0 Å². The number of carbonyl (C=O) groups excluding carboxylic acids is 1. The smallest absolute Gasteiger partial charge is 0.201 e. The van der Waals surface area contributed by atoms with E-state index in [2.05, 4.69) is 4.74 Å². The SMILES string of the molecule is COc1cc(O)c(C=O)c(O)c1O. The number of benzene rings is 1. The number of hydrogen-bond donors (Lipinski definition) is 3. The average Bonchev–Trinajstić information content (AvgIpc) is 2.12. The minimum Gasteiger partial charge on any atom is -0.507 e. The third-order valence-electron chi connectivity index (χ3n) is 1.59. The summed E-state index contributed by atoms with van der Waals surface area (Å²) in [6.07, 6.45) is 0.240. The molecule has 5 heteroatoms. The molecule has 0 fully saturated rings. The van der Waals surface area contributed by atoms with E-state index in [4.69, 9.17) is 10.2 Å². The first-order valence-electron chi connectivity index (χ1n) is 3.38. The summed E-state index contributed by atoms with van der Waals surface area (Å²) in [5, 5.41) is 27.5. The molecule has 0 unspecified atom stereocenters. The summed E-state index contributed by atoms with van der Waals surface area (Å²) in [5.41, 5.74) is -0.363. The zero-order valence-corrected chi connectivity index (χ0v) is 6.81. The molecule has 0 radical (unpaired) electrons. The molecule has 0 spiro atoms. The van der Waals surface area contributed by atoms with Gasteiger partial charge in [0.1, 0.15) is 11.3 Å². The van der Waals surface area contributed by atoms with E-state index in [-0.39, 0.29) is 17.6 Å². The van der Waals surface area contributed by atoms with Crippen molar-refractivity contribution in [1.29, 1.82) is 0 Å². The molecule has 3 N–H and O–H groups in total. The molecule has 0 bridgehead atoms. The minimum absolute atomic E-state index is 0.0967. The van der Waals surface area contributed by atoms with Crippen molar-refractivity contribution in [3.8, 4) is 23.0 Å². The van der Waals surface area contributed by atoms with Crippen molar-refractivity contribution in [2.75, 3.05) is 7.11 Å². The summed E-state index contributed by atoms with van der Waals surface area (Å²) in [7, 11) is 1.26. The summed E-state index contributed by atoms with van der Waals surface area (Å²) in [5.74, 6) is -1.79. The van der Waals surface area contributed by atoms with Gasteiger partial charge in [-0.2, -0.15) is 0 Å². The van der Waals surface area contributed by atoms with Crippen LogP contribution < -0.4 is 4.74 Å². The molecular formula is C8H8O5. The van der Waals surface area contributed by atoms with E-state index in [9.17, 15) is 9.90 Å². The minimum atomic E-state index is -0.688. The highest BCUT2D eigenvalue weighted by atomic mass is 16.5. The van der Waals surface area contributed by atoms with Gasteiger partial charge in [-0.1, -0.05) is 0 Å². The normalized spacial score (nSPS) is 9.62. The van der Waals surface area contributed by atoms with Gasteiger partial charge < -0.3 is 20.1 Å². The topological polar surface area (TPSA) is 87.0 Å². The Hall–Kier alpha value is -1.91. The Kier molecular flexibility index (Phi) is 2.27. The highest BCUT2D eigenvalue weighted by Crippen LogP contribution is 2.41. The van der Waals surface area contributed by atoms with Crippen LogP contribution in [0, 0.1) is 0 Å². The van der Waals surface area contributed by atoms with Crippen LogP contribution in [0.1, 0.15) is 10.4 Å². The van der Waals surface area contributed by atoms with Gasteiger partial charge in [-0.05, 0) is 0 Å². The van der Waals surface area contributed by atoms with E-state index in [1.165, 1.54) is 7.11 Å². The Morgan fingerprint density at radius 1 is 1.31 bits per heavy atom. The van der Waals surface area contributed by atoms with Gasteiger partial charge in [-0.15, -0.1) is 0 Å². The lowest BCUT2D eigenvalue weighted by atomic mass is 10.1. The Bertz CT molecular complexity index is 345. The van der Waals surface area contributed by atoms with Crippen LogP contribution in [-0.4, -0.2) is 28.7 Å². The van der Waals surface area contributed by atoms with Crippen molar-refractivity contribution in [2.24, 2.45) is 0 Å². The van der Waals surface area contributed by atoms with E-state index < -0.39 is 17.2 Å². The first-order chi connectivity index (χ1) is 6.11. The molecule has 1 aromatic carbocycles. The van der Waals surface area contributed by atoms with Gasteiger partial charge in [0.2, 0.25) is 5.75 Å². The summed E-state index contributed by atoms with van der Waals surface area (Å²) >= 11 is 0. The molecule has 13 heavy (non-hydrogen) atoms. The van der Waals surface area contributed by atoms with Gasteiger partial charge in [0.05, 0.1) is 7.11 Å². The fraction of sp³-hybridized carbons (Fsp3) is 0.125. The van der Waals surface area contributed by atoms with Crippen molar-refractivity contribution in [1.82, 2.24) is 0 Å². The third kappa shape index (κ3) is 1.35. The first kappa shape index (κ1) is 9.18. The van der Waals surface area contributed by atoms with E-state index in [1.807, 2.05) is 0 Å². The number of carbonyl (C=O) groups is 1. The maximum absolute atomic E-state index is 10.3. The van der Waals surface area contributed by atoms with E-state index >= 15 is 0 Å². The van der Waals surface area contributed by atoms with Gasteiger partial charge >= 0.3 is 0 Å². The Labute approximate surface area is 73.8 Å². The third-order valence-corrected chi connectivity index (χ3v) is 1.59. The van der Waals surface area contributed by atoms with E-state index in [1.54, 1.807) is 0 Å². The van der Waals surface area contributed by atoms with Crippen LogP contribution in [0.15, 0.2) is 6.07 Å². The molecule has 0 atom stereocenters. The molecule has 1 aromatic rings. The molecule has 0 heterocycles. The number of hydrogen-bond acceptors (Lipinski definition) is 5. The summed E-state index contributed by atoms with van der Waals surface area (Å²) in [6.45, 7) is 0. The van der Waals surface area contributed by atoms with Crippen molar-refractivity contribution in [3.63, 3.8) is 0 Å². The van der Waals surface area contributed by atoms with Crippen LogP contribution in [0.25, 0.3) is 0 Å². The van der Waals surface area contributed by atoms with Gasteiger partial charge in [0.25, 0.3) is 0 Å². The van der Waals surface area contributed by atoms with Gasteiger partial charge in [0, 0.05) is 6.07 Å². The monoisotopic (exact) mass is 184 g/mol. The summed E-state index contributed by atoms with van der Waals surface area (Å²) in [4.78, 5) is 10.3. The standard InChI is InChI=1S/C8H8O5/c1-13-6-2-5(10)4(3-9)7(11)8(6)12/h2-3,10-12H,1H3. The van der Waals surface area contributed by atoms with Crippen molar-refractivity contribution in [3.05, 3.63) is 11.6 Å². The number of aromatic hydroxyl groups is 3. The van der Waals surface area contributed by atoms with Crippen LogP contribution in [0.4, 0.5) is 0 Å². The number of aldehydes is 1. The fourth-order valence-corrected chi connectivity index (χ4v) is 0.908. The lowest BCUT2D eigenvalue weighted by Gasteiger charge is -2.07. The number of rotatable bonds is 2. The predicted molar refractivity (Wildman–Crippen MR) is 43.4 cm³/mol. The maximum atomic E-state index is 10.3. The molecule has 0 amide bonds. The summed E-state index contributed by atoms with van der Waals surface area (Å²) in [6, 6.07) is 1.04. The highest BCUT2D eigenvalue weighted by molar-refractivity contribution is 5.86. The number of phenols is 3. The van der Waals surface area contributed by atoms with Crippen molar-refractivity contribution < 1.29 is 24.9 Å². The largest absolute Gasteiger partial charge is 0.507 e. The molecule has 70 valence electrons. The van der Waals surface area contributed by atoms with E-state index in [0.717, 1.165) is 6.07 Å². The lowest BCUT2D eigenvalue weighted by molar-refractivity contribution is 0.111. The Balaban J connectivity index is 3.45. The molecule has 0 saturated heterocycles. The molecule has 0 aliphatic heterocycles. The fourth-order valence-electron chi connectivity index (χ4n) is 0.908. The number of methoxy groups -OCH3 is 1. The molecular weight excluding hydrogens is 176 g/mol. The predicted octanol–water partition coefficient (Wildman–Crippen LogP) is 0.624. The van der Waals surface area contributed by atoms with Gasteiger partial charge in [-0.25, -0.2) is 0 Å².